The van der Waals surface area contributed by atoms with Gasteiger partial charge in [-0.1, -0.05) is 36.4 Å². The summed E-state index contributed by atoms with van der Waals surface area (Å²) in [4.78, 5) is 12.7. The van der Waals surface area contributed by atoms with E-state index in [1.807, 2.05) is 42.5 Å². The van der Waals surface area contributed by atoms with E-state index in [1.165, 1.54) is 6.08 Å². The van der Waals surface area contributed by atoms with Gasteiger partial charge in [-0.3, -0.25) is 4.79 Å². The second-order valence-corrected chi connectivity index (χ2v) is 6.79. The van der Waals surface area contributed by atoms with E-state index in [-0.39, 0.29) is 17.1 Å². The van der Waals surface area contributed by atoms with Crippen LogP contribution in [0.15, 0.2) is 64.6 Å². The van der Waals surface area contributed by atoms with Gasteiger partial charge in [0, 0.05) is 11.1 Å². The number of amides is 1. The highest BCUT2D eigenvalue weighted by Gasteiger charge is 2.13. The van der Waals surface area contributed by atoms with Gasteiger partial charge in [0.25, 0.3) is 5.91 Å². The number of phenolic OH excluding ortho intramolecular Hbond substituents is 1. The molecule has 1 amide bonds. The summed E-state index contributed by atoms with van der Waals surface area (Å²) >= 11 is 3.25. The number of phenols is 1. The molecular weight excluding hydrogens is 420 g/mol. The third kappa shape index (κ3) is 4.16. The molecule has 140 valence electrons. The van der Waals surface area contributed by atoms with Gasteiger partial charge in [-0.25, -0.2) is 0 Å². The first kappa shape index (κ1) is 19.5. The first-order valence-corrected chi connectivity index (χ1v) is 9.39. The quantitative estimate of drug-likeness (QED) is 0.422. The van der Waals surface area contributed by atoms with Gasteiger partial charge < -0.3 is 15.2 Å². The van der Waals surface area contributed by atoms with Crippen LogP contribution >= 0.6 is 15.9 Å². The number of hydrogen-bond donors (Lipinski definition) is 2. The molecular formula is C22H17BrN2O3. The van der Waals surface area contributed by atoms with Crippen LogP contribution in [0.25, 0.3) is 16.8 Å². The minimum absolute atomic E-state index is 0.0299. The van der Waals surface area contributed by atoms with Gasteiger partial charge in [-0.15, -0.1) is 0 Å². The SMILES string of the molecule is CCOc1cc(/C=C(/C#N)C(=O)Nc2cccc3ccccc23)cc(Br)c1O. The molecule has 0 fully saturated rings. The Morgan fingerprint density at radius 3 is 2.75 bits per heavy atom. The topological polar surface area (TPSA) is 82.3 Å². The number of fused-ring (bicyclic) bond motifs is 1. The largest absolute Gasteiger partial charge is 0.503 e. The lowest BCUT2D eigenvalue weighted by Crippen LogP contribution is -2.13. The monoisotopic (exact) mass is 436 g/mol. The van der Waals surface area contributed by atoms with Crippen LogP contribution in [0.3, 0.4) is 0 Å². The minimum atomic E-state index is -0.513. The molecule has 0 saturated heterocycles. The molecule has 0 bridgehead atoms. The molecule has 0 aliphatic rings. The number of hydrogen-bond acceptors (Lipinski definition) is 4. The van der Waals surface area contributed by atoms with Crippen molar-refractivity contribution in [3.63, 3.8) is 0 Å². The van der Waals surface area contributed by atoms with E-state index in [1.54, 1.807) is 25.1 Å². The number of ether oxygens (including phenoxy) is 1. The first-order valence-electron chi connectivity index (χ1n) is 8.59. The normalized spacial score (nSPS) is 11.1. The van der Waals surface area contributed by atoms with E-state index in [9.17, 15) is 15.2 Å². The zero-order valence-electron chi connectivity index (χ0n) is 15.1. The molecule has 6 heteroatoms. The van der Waals surface area contributed by atoms with Gasteiger partial charge in [-0.2, -0.15) is 5.26 Å². The lowest BCUT2D eigenvalue weighted by molar-refractivity contribution is -0.112. The highest BCUT2D eigenvalue weighted by molar-refractivity contribution is 9.10. The van der Waals surface area contributed by atoms with E-state index in [0.29, 0.717) is 22.3 Å². The van der Waals surface area contributed by atoms with Gasteiger partial charge >= 0.3 is 0 Å². The van der Waals surface area contributed by atoms with Crippen molar-refractivity contribution >= 4 is 44.4 Å². The van der Waals surface area contributed by atoms with E-state index in [0.717, 1.165) is 10.8 Å². The summed E-state index contributed by atoms with van der Waals surface area (Å²) in [6.45, 7) is 2.17. The third-order valence-corrected chi connectivity index (χ3v) is 4.67. The van der Waals surface area contributed by atoms with Crippen LogP contribution in [-0.2, 0) is 4.79 Å². The van der Waals surface area contributed by atoms with Crippen molar-refractivity contribution in [3.8, 4) is 17.6 Å². The van der Waals surface area contributed by atoms with Crippen LogP contribution < -0.4 is 10.1 Å². The fraction of sp³-hybridized carbons (Fsp3) is 0.0909. The summed E-state index contributed by atoms with van der Waals surface area (Å²) in [7, 11) is 0. The summed E-state index contributed by atoms with van der Waals surface area (Å²) in [5.41, 5.74) is 1.12. The lowest BCUT2D eigenvalue weighted by atomic mass is 10.1. The molecule has 0 saturated carbocycles. The summed E-state index contributed by atoms with van der Waals surface area (Å²) in [6.07, 6.45) is 1.45. The third-order valence-electron chi connectivity index (χ3n) is 4.06. The Labute approximate surface area is 171 Å². The Balaban J connectivity index is 1.93. The zero-order chi connectivity index (χ0) is 20.1. The molecule has 0 spiro atoms. The number of nitriles is 1. The molecule has 3 aromatic carbocycles. The van der Waals surface area contributed by atoms with Crippen LogP contribution in [0.4, 0.5) is 5.69 Å². The van der Waals surface area contributed by atoms with Gasteiger partial charge in [0.2, 0.25) is 0 Å². The van der Waals surface area contributed by atoms with E-state index in [2.05, 4.69) is 21.2 Å². The summed E-state index contributed by atoms with van der Waals surface area (Å²) in [6, 6.07) is 18.4. The molecule has 2 N–H and O–H groups in total. The molecule has 0 aromatic heterocycles. The predicted molar refractivity (Wildman–Crippen MR) is 113 cm³/mol. The number of aromatic hydroxyl groups is 1. The molecule has 0 aliphatic carbocycles. The van der Waals surface area contributed by atoms with Gasteiger partial charge in [0.05, 0.1) is 11.1 Å². The highest BCUT2D eigenvalue weighted by atomic mass is 79.9. The predicted octanol–water partition coefficient (Wildman–Crippen LogP) is 5.25. The molecule has 0 radical (unpaired) electrons. The molecule has 3 aromatic rings. The lowest BCUT2D eigenvalue weighted by Gasteiger charge is -2.10. The molecule has 3 rings (SSSR count). The number of carbonyl (C=O) groups is 1. The average molecular weight is 437 g/mol. The number of nitrogens with zero attached hydrogens (tertiary/aromatic N) is 1. The van der Waals surface area contributed by atoms with Gasteiger partial charge in [0.15, 0.2) is 11.5 Å². The molecule has 0 heterocycles. The number of nitrogens with one attached hydrogen (secondary N) is 1. The fourth-order valence-corrected chi connectivity index (χ4v) is 3.24. The molecule has 0 atom stereocenters. The van der Waals surface area contributed by atoms with E-state index < -0.39 is 5.91 Å². The summed E-state index contributed by atoms with van der Waals surface area (Å²) in [5, 5.41) is 24.2. The molecule has 0 unspecified atom stereocenters. The van der Waals surface area contributed by atoms with Crippen molar-refractivity contribution in [2.45, 2.75) is 6.92 Å². The van der Waals surface area contributed by atoms with Crippen molar-refractivity contribution in [1.82, 2.24) is 0 Å². The van der Waals surface area contributed by atoms with Crippen molar-refractivity contribution in [3.05, 3.63) is 70.2 Å². The van der Waals surface area contributed by atoms with E-state index in [4.69, 9.17) is 4.74 Å². The first-order chi connectivity index (χ1) is 13.5. The number of anilines is 1. The second-order valence-electron chi connectivity index (χ2n) is 5.93. The molecule has 0 aliphatic heterocycles. The van der Waals surface area contributed by atoms with E-state index >= 15 is 0 Å². The van der Waals surface area contributed by atoms with Gasteiger partial charge in [-0.05, 0) is 58.1 Å². The van der Waals surface area contributed by atoms with Crippen molar-refractivity contribution in [2.24, 2.45) is 0 Å². The number of benzene rings is 3. The van der Waals surface area contributed by atoms with Crippen LogP contribution in [-0.4, -0.2) is 17.6 Å². The maximum Gasteiger partial charge on any atom is 0.266 e. The molecule has 5 nitrogen and oxygen atoms in total. The molecule has 28 heavy (non-hydrogen) atoms. The second kappa shape index (κ2) is 8.59. The number of halogens is 1. The van der Waals surface area contributed by atoms with Crippen LogP contribution in [0.2, 0.25) is 0 Å². The van der Waals surface area contributed by atoms with Crippen LogP contribution in [0.1, 0.15) is 12.5 Å². The Morgan fingerprint density at radius 1 is 1.25 bits per heavy atom. The van der Waals surface area contributed by atoms with Crippen LogP contribution in [0.5, 0.6) is 11.5 Å². The van der Waals surface area contributed by atoms with Gasteiger partial charge in [0.1, 0.15) is 11.6 Å². The summed E-state index contributed by atoms with van der Waals surface area (Å²) < 4.78 is 5.80. The standard InChI is InChI=1S/C22H17BrN2O3/c1-2-28-20-12-14(11-18(23)21(20)26)10-16(13-24)22(27)25-19-9-5-7-15-6-3-4-8-17(15)19/h3-12,26H,2H2,1H3,(H,25,27)/b16-10-. The van der Waals surface area contributed by atoms with Crippen molar-refractivity contribution in [1.29, 1.82) is 5.26 Å². The fourth-order valence-electron chi connectivity index (χ4n) is 2.78. The zero-order valence-corrected chi connectivity index (χ0v) is 16.7. The minimum Gasteiger partial charge on any atom is -0.503 e. The van der Waals surface area contributed by atoms with Crippen molar-refractivity contribution in [2.75, 3.05) is 11.9 Å². The van der Waals surface area contributed by atoms with Crippen LogP contribution in [0, 0.1) is 11.3 Å². The summed E-state index contributed by atoms with van der Waals surface area (Å²) in [5.74, 6) is -0.270. The Hall–Kier alpha value is -3.30. The maximum atomic E-state index is 12.7. The number of carbonyl (C=O) groups excluding carboxylic acids is 1. The van der Waals surface area contributed by atoms with Crippen molar-refractivity contribution < 1.29 is 14.6 Å². The highest BCUT2D eigenvalue weighted by Crippen LogP contribution is 2.36. The Morgan fingerprint density at radius 2 is 2.00 bits per heavy atom. The smallest absolute Gasteiger partial charge is 0.266 e. The average Bonchev–Trinajstić information content (AvgIpc) is 2.70. The Bertz CT molecular complexity index is 1110. The maximum absolute atomic E-state index is 12.7. The number of rotatable bonds is 5. The Kier molecular flexibility index (Phi) is 5.97.